The van der Waals surface area contributed by atoms with Crippen molar-refractivity contribution in [2.75, 3.05) is 6.54 Å². The van der Waals surface area contributed by atoms with Gasteiger partial charge in [0.15, 0.2) is 0 Å². The molecule has 2 aromatic rings. The van der Waals surface area contributed by atoms with Gasteiger partial charge in [0.05, 0.1) is 4.47 Å². The number of rotatable bonds is 6. The molecule has 5 heteroatoms. The van der Waals surface area contributed by atoms with Crippen molar-refractivity contribution in [3.8, 4) is 5.75 Å². The Balaban J connectivity index is 2.05. The van der Waals surface area contributed by atoms with Crippen LogP contribution in [0.5, 0.6) is 5.75 Å². The molecule has 0 aliphatic heterocycles. The molecule has 0 unspecified atom stereocenters. The standard InChI is InChI=1S/C16H16BrF2NO/c1-2-20-9-12-5-13(18)8-14(6-12)21-10-11-3-4-16(19)15(17)7-11/h3-8,20H,2,9-10H2,1H3. The molecular formula is C16H16BrF2NO. The molecule has 0 amide bonds. The quantitative estimate of drug-likeness (QED) is 0.828. The van der Waals surface area contributed by atoms with Crippen molar-refractivity contribution in [1.29, 1.82) is 0 Å². The summed E-state index contributed by atoms with van der Waals surface area (Å²) in [5.41, 5.74) is 1.63. The summed E-state index contributed by atoms with van der Waals surface area (Å²) in [4.78, 5) is 0. The van der Waals surface area contributed by atoms with Crippen molar-refractivity contribution in [3.63, 3.8) is 0 Å². The molecule has 1 N–H and O–H groups in total. The van der Waals surface area contributed by atoms with Crippen LogP contribution in [-0.4, -0.2) is 6.54 Å². The molecule has 0 bridgehead atoms. The highest BCUT2D eigenvalue weighted by atomic mass is 79.9. The van der Waals surface area contributed by atoms with Crippen molar-refractivity contribution in [2.45, 2.75) is 20.1 Å². The van der Waals surface area contributed by atoms with E-state index in [-0.39, 0.29) is 18.2 Å². The minimum atomic E-state index is -0.333. The fraction of sp³-hybridized carbons (Fsp3) is 0.250. The fourth-order valence-corrected chi connectivity index (χ4v) is 2.30. The van der Waals surface area contributed by atoms with Crippen molar-refractivity contribution in [2.24, 2.45) is 0 Å². The summed E-state index contributed by atoms with van der Waals surface area (Å²) in [6, 6.07) is 9.26. The lowest BCUT2D eigenvalue weighted by atomic mass is 10.2. The van der Waals surface area contributed by atoms with Crippen LogP contribution < -0.4 is 10.1 Å². The Labute approximate surface area is 131 Å². The zero-order valence-electron chi connectivity index (χ0n) is 11.6. The van der Waals surface area contributed by atoms with Crippen LogP contribution in [0.4, 0.5) is 8.78 Å². The molecule has 2 nitrogen and oxygen atoms in total. The lowest BCUT2D eigenvalue weighted by molar-refractivity contribution is 0.304. The average molecular weight is 356 g/mol. The third-order valence-electron chi connectivity index (χ3n) is 2.90. The minimum Gasteiger partial charge on any atom is -0.489 e. The van der Waals surface area contributed by atoms with Gasteiger partial charge < -0.3 is 10.1 Å². The first kappa shape index (κ1) is 15.9. The van der Waals surface area contributed by atoms with E-state index in [2.05, 4.69) is 21.2 Å². The van der Waals surface area contributed by atoms with Crippen LogP contribution in [0.1, 0.15) is 18.1 Å². The van der Waals surface area contributed by atoms with Gasteiger partial charge in [0.25, 0.3) is 0 Å². The van der Waals surface area contributed by atoms with Crippen LogP contribution >= 0.6 is 15.9 Å². The van der Waals surface area contributed by atoms with Crippen molar-refractivity contribution >= 4 is 15.9 Å². The lowest BCUT2D eigenvalue weighted by Crippen LogP contribution is -2.12. The SMILES string of the molecule is CCNCc1cc(F)cc(OCc2ccc(F)c(Br)c2)c1. The number of hydrogen-bond donors (Lipinski definition) is 1. The molecule has 0 saturated heterocycles. The van der Waals surface area contributed by atoms with Gasteiger partial charge in [-0.15, -0.1) is 0 Å². The second-order valence-corrected chi connectivity index (χ2v) is 5.47. The molecule has 0 spiro atoms. The Kier molecular flexibility index (Phi) is 5.70. The van der Waals surface area contributed by atoms with Gasteiger partial charge in [-0.2, -0.15) is 0 Å². The van der Waals surface area contributed by atoms with Crippen LogP contribution in [0.15, 0.2) is 40.9 Å². The molecule has 0 saturated carbocycles. The van der Waals surface area contributed by atoms with Crippen LogP contribution in [0.2, 0.25) is 0 Å². The maximum absolute atomic E-state index is 13.5. The van der Waals surface area contributed by atoms with Crippen molar-refractivity contribution in [1.82, 2.24) is 5.32 Å². The molecule has 112 valence electrons. The number of nitrogens with one attached hydrogen (secondary N) is 1. The largest absolute Gasteiger partial charge is 0.489 e. The maximum atomic E-state index is 13.5. The second kappa shape index (κ2) is 7.52. The van der Waals surface area contributed by atoms with Gasteiger partial charge in [-0.1, -0.05) is 13.0 Å². The van der Waals surface area contributed by atoms with Crippen LogP contribution in [0.25, 0.3) is 0 Å². The molecule has 0 aliphatic rings. The van der Waals surface area contributed by atoms with Gasteiger partial charge in [0, 0.05) is 12.6 Å². The second-order valence-electron chi connectivity index (χ2n) is 4.61. The minimum absolute atomic E-state index is 0.253. The Morgan fingerprint density at radius 3 is 2.62 bits per heavy atom. The van der Waals surface area contributed by atoms with Gasteiger partial charge in [-0.25, -0.2) is 8.78 Å². The van der Waals surface area contributed by atoms with Gasteiger partial charge in [0.2, 0.25) is 0 Å². The number of benzene rings is 2. The third-order valence-corrected chi connectivity index (χ3v) is 3.51. The molecular weight excluding hydrogens is 340 g/mol. The predicted molar refractivity (Wildman–Crippen MR) is 82.2 cm³/mol. The Bertz CT molecular complexity index is 619. The van der Waals surface area contributed by atoms with Gasteiger partial charge in [-0.3, -0.25) is 0 Å². The lowest BCUT2D eigenvalue weighted by Gasteiger charge is -2.09. The van der Waals surface area contributed by atoms with E-state index < -0.39 is 0 Å². The molecule has 0 aromatic heterocycles. The summed E-state index contributed by atoms with van der Waals surface area (Å²) in [7, 11) is 0. The molecule has 21 heavy (non-hydrogen) atoms. The molecule has 0 heterocycles. The predicted octanol–water partition coefficient (Wildman–Crippen LogP) is 4.42. The van der Waals surface area contributed by atoms with Crippen LogP contribution in [0.3, 0.4) is 0 Å². The van der Waals surface area contributed by atoms with E-state index in [1.165, 1.54) is 18.2 Å². The Hall–Kier alpha value is -1.46. The van der Waals surface area contributed by atoms with E-state index >= 15 is 0 Å². The molecule has 0 radical (unpaired) electrons. The number of halogens is 3. The molecule has 2 aromatic carbocycles. The maximum Gasteiger partial charge on any atom is 0.137 e. The zero-order valence-corrected chi connectivity index (χ0v) is 13.2. The fourth-order valence-electron chi connectivity index (χ4n) is 1.87. The van der Waals surface area contributed by atoms with E-state index in [0.717, 1.165) is 17.7 Å². The topological polar surface area (TPSA) is 21.3 Å². The molecule has 0 fully saturated rings. The van der Waals surface area contributed by atoms with Gasteiger partial charge in [0.1, 0.15) is 24.0 Å². The summed E-state index contributed by atoms with van der Waals surface area (Å²) >= 11 is 3.13. The highest BCUT2D eigenvalue weighted by Gasteiger charge is 2.04. The van der Waals surface area contributed by atoms with E-state index in [9.17, 15) is 8.78 Å². The highest BCUT2D eigenvalue weighted by molar-refractivity contribution is 9.10. The smallest absolute Gasteiger partial charge is 0.137 e. The first-order valence-electron chi connectivity index (χ1n) is 6.65. The summed E-state index contributed by atoms with van der Waals surface area (Å²) in [5, 5.41) is 3.14. The monoisotopic (exact) mass is 355 g/mol. The molecule has 0 aliphatic carbocycles. The van der Waals surface area contributed by atoms with Gasteiger partial charge in [-0.05, 0) is 57.9 Å². The summed E-state index contributed by atoms with van der Waals surface area (Å²) in [6.45, 7) is 3.65. The van der Waals surface area contributed by atoms with Crippen molar-refractivity contribution < 1.29 is 13.5 Å². The zero-order chi connectivity index (χ0) is 15.2. The Morgan fingerprint density at radius 2 is 1.90 bits per heavy atom. The molecule has 0 atom stereocenters. The number of ether oxygens (including phenoxy) is 1. The summed E-state index contributed by atoms with van der Waals surface area (Å²) < 4.78 is 32.6. The van der Waals surface area contributed by atoms with E-state index in [1.54, 1.807) is 18.2 Å². The summed E-state index contributed by atoms with van der Waals surface area (Å²) in [5.74, 6) is -0.193. The average Bonchev–Trinajstić information content (AvgIpc) is 2.46. The number of hydrogen-bond acceptors (Lipinski definition) is 2. The normalized spacial score (nSPS) is 10.7. The molecule has 2 rings (SSSR count). The van der Waals surface area contributed by atoms with Crippen molar-refractivity contribution in [3.05, 3.63) is 63.6 Å². The van der Waals surface area contributed by atoms with E-state index in [4.69, 9.17) is 4.74 Å². The van der Waals surface area contributed by atoms with Gasteiger partial charge >= 0.3 is 0 Å². The van der Waals surface area contributed by atoms with E-state index in [0.29, 0.717) is 16.8 Å². The van der Waals surface area contributed by atoms with Crippen LogP contribution in [-0.2, 0) is 13.2 Å². The van der Waals surface area contributed by atoms with Crippen LogP contribution in [0, 0.1) is 11.6 Å². The first-order valence-corrected chi connectivity index (χ1v) is 7.44. The third kappa shape index (κ3) is 4.79. The highest BCUT2D eigenvalue weighted by Crippen LogP contribution is 2.20. The summed E-state index contributed by atoms with van der Waals surface area (Å²) in [6.07, 6.45) is 0. The Morgan fingerprint density at radius 1 is 1.10 bits per heavy atom. The first-order chi connectivity index (χ1) is 10.1. The van der Waals surface area contributed by atoms with E-state index in [1.807, 2.05) is 6.92 Å².